The van der Waals surface area contributed by atoms with Crippen LogP contribution >= 0.6 is 0 Å². The molecule has 1 aromatic rings. The maximum absolute atomic E-state index is 11.3. The Morgan fingerprint density at radius 2 is 2.05 bits per heavy atom. The third-order valence-corrected chi connectivity index (χ3v) is 2.78. The zero-order valence-electron chi connectivity index (χ0n) is 12.1. The van der Waals surface area contributed by atoms with Crippen LogP contribution in [0.5, 0.6) is 5.75 Å². The van der Waals surface area contributed by atoms with Crippen molar-refractivity contribution in [2.75, 3.05) is 26.2 Å². The maximum atomic E-state index is 11.3. The van der Waals surface area contributed by atoms with Crippen LogP contribution in [0.1, 0.15) is 17.3 Å². The second-order valence-electron chi connectivity index (χ2n) is 4.63. The molecule has 110 valence electrons. The highest BCUT2D eigenvalue weighted by Gasteiger charge is 2.11. The summed E-state index contributed by atoms with van der Waals surface area (Å²) in [5, 5.41) is 9.94. The molecule has 0 amide bonds. The highest BCUT2D eigenvalue weighted by Crippen LogP contribution is 2.14. The van der Waals surface area contributed by atoms with Crippen LogP contribution in [0.15, 0.2) is 24.3 Å². The molecule has 0 fully saturated rings. The van der Waals surface area contributed by atoms with Gasteiger partial charge in [0, 0.05) is 12.1 Å². The highest BCUT2D eigenvalue weighted by atomic mass is 16.5. The van der Waals surface area contributed by atoms with Crippen molar-refractivity contribution in [1.29, 1.82) is 0 Å². The van der Waals surface area contributed by atoms with Crippen LogP contribution in [0.25, 0.3) is 0 Å². The molecule has 0 saturated heterocycles. The van der Waals surface area contributed by atoms with Crippen LogP contribution in [0.4, 0.5) is 0 Å². The molecule has 0 aliphatic heterocycles. The van der Waals surface area contributed by atoms with Gasteiger partial charge >= 0.3 is 0 Å². The Morgan fingerprint density at radius 3 is 2.62 bits per heavy atom. The largest absolute Gasteiger partial charge is 0.491 e. The molecule has 0 radical (unpaired) electrons. The number of carbonyl (C=O) groups excluding carboxylic acids is 1. The van der Waals surface area contributed by atoms with Crippen LogP contribution in [0.2, 0.25) is 0 Å². The molecule has 4 heteroatoms. The number of rotatable bonds is 8. The van der Waals surface area contributed by atoms with E-state index in [1.807, 2.05) is 0 Å². The van der Waals surface area contributed by atoms with Gasteiger partial charge in [-0.05, 0) is 19.1 Å². The lowest BCUT2D eigenvalue weighted by Gasteiger charge is -2.21. The topological polar surface area (TPSA) is 49.8 Å². The number of ether oxygens (including phenoxy) is 1. The van der Waals surface area contributed by atoms with Crippen molar-refractivity contribution in [3.8, 4) is 30.4 Å². The first-order valence-corrected chi connectivity index (χ1v) is 6.58. The van der Waals surface area contributed by atoms with Crippen molar-refractivity contribution in [1.82, 2.24) is 4.90 Å². The Kier molecular flexibility index (Phi) is 7.04. The van der Waals surface area contributed by atoms with Crippen LogP contribution in [0.3, 0.4) is 0 Å². The van der Waals surface area contributed by atoms with E-state index in [1.165, 1.54) is 6.92 Å². The van der Waals surface area contributed by atoms with Gasteiger partial charge in [0.1, 0.15) is 18.5 Å². The van der Waals surface area contributed by atoms with E-state index in [2.05, 4.69) is 11.8 Å². The van der Waals surface area contributed by atoms with E-state index in [0.717, 1.165) is 0 Å². The number of aliphatic hydroxyl groups excluding tert-OH is 1. The molecule has 1 atom stereocenters. The molecule has 4 nitrogen and oxygen atoms in total. The number of benzene rings is 1. The number of nitrogens with zero attached hydrogens (tertiary/aromatic N) is 1. The van der Waals surface area contributed by atoms with Gasteiger partial charge in [-0.2, -0.15) is 0 Å². The normalized spacial score (nSPS) is 11.5. The molecule has 0 saturated carbocycles. The van der Waals surface area contributed by atoms with Gasteiger partial charge in [-0.1, -0.05) is 24.0 Å². The van der Waals surface area contributed by atoms with Crippen LogP contribution in [0, 0.1) is 24.7 Å². The molecule has 0 aliphatic carbocycles. The fraction of sp³-hybridized carbons (Fsp3) is 0.353. The molecule has 0 aliphatic rings. The van der Waals surface area contributed by atoms with Crippen LogP contribution in [-0.2, 0) is 0 Å². The molecular formula is C17H19NO3. The lowest BCUT2D eigenvalue weighted by Crippen LogP contribution is -2.36. The van der Waals surface area contributed by atoms with Gasteiger partial charge in [0.15, 0.2) is 5.78 Å². The van der Waals surface area contributed by atoms with E-state index in [4.69, 9.17) is 17.6 Å². The quantitative estimate of drug-likeness (QED) is 0.576. The average molecular weight is 285 g/mol. The minimum absolute atomic E-state index is 0.0322. The summed E-state index contributed by atoms with van der Waals surface area (Å²) in [5.74, 6) is 5.50. The first-order chi connectivity index (χ1) is 10.1. The van der Waals surface area contributed by atoms with E-state index >= 15 is 0 Å². The summed E-state index contributed by atoms with van der Waals surface area (Å²) in [6.07, 6.45) is 9.77. The van der Waals surface area contributed by atoms with E-state index in [1.54, 1.807) is 29.2 Å². The van der Waals surface area contributed by atoms with Gasteiger partial charge in [-0.15, -0.1) is 12.8 Å². The second kappa shape index (κ2) is 8.81. The number of terminal acetylenes is 2. The lowest BCUT2D eigenvalue weighted by atomic mass is 10.1. The summed E-state index contributed by atoms with van der Waals surface area (Å²) >= 11 is 0. The molecule has 1 aromatic carbocycles. The number of Topliss-reactive ketones (excluding diaryl/α,β-unsaturated/α-hetero) is 1. The lowest BCUT2D eigenvalue weighted by molar-refractivity contribution is 0.0765. The second-order valence-corrected chi connectivity index (χ2v) is 4.63. The Morgan fingerprint density at radius 1 is 1.38 bits per heavy atom. The van der Waals surface area contributed by atoms with Crippen molar-refractivity contribution in [3.05, 3.63) is 29.8 Å². The molecule has 1 rings (SSSR count). The fourth-order valence-corrected chi connectivity index (χ4v) is 1.79. The Balaban J connectivity index is 2.51. The Bertz CT molecular complexity index is 538. The minimum Gasteiger partial charge on any atom is -0.491 e. The summed E-state index contributed by atoms with van der Waals surface area (Å²) in [5.41, 5.74) is 0.572. The summed E-state index contributed by atoms with van der Waals surface area (Å²) in [6.45, 7) is 2.68. The molecule has 0 spiro atoms. The van der Waals surface area contributed by atoms with E-state index in [9.17, 15) is 9.90 Å². The van der Waals surface area contributed by atoms with E-state index in [0.29, 0.717) is 30.9 Å². The maximum Gasteiger partial charge on any atom is 0.159 e. The molecule has 1 unspecified atom stereocenters. The average Bonchev–Trinajstić information content (AvgIpc) is 2.46. The minimum atomic E-state index is -0.715. The van der Waals surface area contributed by atoms with Gasteiger partial charge in [-0.3, -0.25) is 9.69 Å². The molecule has 0 aromatic heterocycles. The van der Waals surface area contributed by atoms with E-state index < -0.39 is 6.10 Å². The van der Waals surface area contributed by atoms with Crippen molar-refractivity contribution in [2.24, 2.45) is 0 Å². The molecule has 21 heavy (non-hydrogen) atoms. The fourth-order valence-electron chi connectivity index (χ4n) is 1.79. The van der Waals surface area contributed by atoms with Crippen molar-refractivity contribution in [2.45, 2.75) is 13.0 Å². The third-order valence-electron chi connectivity index (χ3n) is 2.78. The molecule has 0 heterocycles. The van der Waals surface area contributed by atoms with Gasteiger partial charge in [0.25, 0.3) is 0 Å². The van der Waals surface area contributed by atoms with Crippen LogP contribution < -0.4 is 4.74 Å². The van der Waals surface area contributed by atoms with Gasteiger partial charge in [-0.25, -0.2) is 0 Å². The van der Waals surface area contributed by atoms with Gasteiger partial charge < -0.3 is 9.84 Å². The summed E-state index contributed by atoms with van der Waals surface area (Å²) in [6, 6.07) is 6.84. The van der Waals surface area contributed by atoms with Crippen molar-refractivity contribution in [3.63, 3.8) is 0 Å². The SMILES string of the molecule is C#CCN(CC#C)CC(O)COc1cccc(C(C)=O)c1. The number of hydrogen-bond acceptors (Lipinski definition) is 4. The number of hydrogen-bond donors (Lipinski definition) is 1. The van der Waals surface area contributed by atoms with Crippen molar-refractivity contribution >= 4 is 5.78 Å². The number of carbonyl (C=O) groups is 1. The van der Waals surface area contributed by atoms with E-state index in [-0.39, 0.29) is 12.4 Å². The third kappa shape index (κ3) is 6.14. The number of aliphatic hydroxyl groups is 1. The first kappa shape index (κ1) is 16.8. The Labute approximate surface area is 125 Å². The highest BCUT2D eigenvalue weighted by molar-refractivity contribution is 5.94. The molecule has 1 N–H and O–H groups in total. The molecular weight excluding hydrogens is 266 g/mol. The zero-order valence-corrected chi connectivity index (χ0v) is 12.1. The predicted molar refractivity (Wildman–Crippen MR) is 82.1 cm³/mol. The van der Waals surface area contributed by atoms with Crippen LogP contribution in [-0.4, -0.2) is 48.1 Å². The summed E-state index contributed by atoms with van der Waals surface area (Å²) in [4.78, 5) is 13.1. The first-order valence-electron chi connectivity index (χ1n) is 6.58. The van der Waals surface area contributed by atoms with Crippen molar-refractivity contribution < 1.29 is 14.6 Å². The summed E-state index contributed by atoms with van der Waals surface area (Å²) in [7, 11) is 0. The van der Waals surface area contributed by atoms with Gasteiger partial charge in [0.2, 0.25) is 0 Å². The Hall–Kier alpha value is -2.27. The smallest absolute Gasteiger partial charge is 0.159 e. The molecule has 0 bridgehead atoms. The summed E-state index contributed by atoms with van der Waals surface area (Å²) < 4.78 is 5.48. The predicted octanol–water partition coefficient (Wildman–Crippen LogP) is 1.20. The monoisotopic (exact) mass is 285 g/mol. The van der Waals surface area contributed by atoms with Gasteiger partial charge in [0.05, 0.1) is 13.1 Å². The standard InChI is InChI=1S/C17H19NO3/c1-4-9-18(10-5-2)12-16(20)13-21-17-8-6-7-15(11-17)14(3)19/h1-2,6-8,11,16,20H,9-10,12-13H2,3H3. The zero-order chi connectivity index (χ0) is 15.7. The number of ketones is 1.